The molecule has 1 atom stereocenters. The van der Waals surface area contributed by atoms with Crippen molar-refractivity contribution in [2.24, 2.45) is 0 Å². The highest BCUT2D eigenvalue weighted by Gasteiger charge is 2.44. The van der Waals surface area contributed by atoms with Crippen molar-refractivity contribution in [3.63, 3.8) is 0 Å². The molecule has 6 nitrogen and oxygen atoms in total. The number of hydrogen-bond acceptors (Lipinski definition) is 4. The second-order valence-electron chi connectivity index (χ2n) is 7.70. The molecule has 0 bridgehead atoms. The molecule has 6 rings (SSSR count). The van der Waals surface area contributed by atoms with E-state index >= 15 is 0 Å². The second-order valence-corrected chi connectivity index (χ2v) is 8.61. The number of benzene rings is 3. The van der Waals surface area contributed by atoms with E-state index in [2.05, 4.69) is 20.9 Å². The molecule has 3 aromatic carbocycles. The summed E-state index contributed by atoms with van der Waals surface area (Å²) in [5.74, 6) is 0.357. The van der Waals surface area contributed by atoms with Gasteiger partial charge in [-0.15, -0.1) is 0 Å². The van der Waals surface area contributed by atoms with Crippen LogP contribution in [0.25, 0.3) is 22.6 Å². The highest BCUT2D eigenvalue weighted by atomic mass is 79.9. The smallest absolute Gasteiger partial charge is 0.280 e. The van der Waals surface area contributed by atoms with Gasteiger partial charge in [-0.1, -0.05) is 64.0 Å². The summed E-state index contributed by atoms with van der Waals surface area (Å²) >= 11 is 3.50. The van der Waals surface area contributed by atoms with E-state index in [1.165, 1.54) is 0 Å². The molecule has 150 valence electrons. The van der Waals surface area contributed by atoms with Crippen molar-refractivity contribution in [1.29, 1.82) is 0 Å². The summed E-state index contributed by atoms with van der Waals surface area (Å²) in [6, 6.07) is 20.8. The largest absolute Gasteiger partial charge is 0.300 e. The lowest BCUT2D eigenvalue weighted by molar-refractivity contribution is 0.0986. The van der Waals surface area contributed by atoms with Gasteiger partial charge in [0.2, 0.25) is 0 Å². The van der Waals surface area contributed by atoms with E-state index in [-0.39, 0.29) is 11.6 Å². The Labute approximate surface area is 185 Å². The molecule has 1 aromatic heterocycles. The number of carbonyl (C=O) groups excluding carboxylic acids is 1. The summed E-state index contributed by atoms with van der Waals surface area (Å²) in [6.07, 6.45) is -0.496. The van der Waals surface area contributed by atoms with Crippen LogP contribution >= 0.6 is 15.9 Å². The molecule has 0 unspecified atom stereocenters. The number of fused-ring (bicyclic) bond motifs is 8. The summed E-state index contributed by atoms with van der Waals surface area (Å²) in [5.41, 5.74) is 4.53. The Kier molecular flexibility index (Phi) is 3.79. The second kappa shape index (κ2) is 6.46. The fourth-order valence-corrected chi connectivity index (χ4v) is 4.68. The Morgan fingerprint density at radius 1 is 0.935 bits per heavy atom. The predicted molar refractivity (Wildman–Crippen MR) is 121 cm³/mol. The van der Waals surface area contributed by atoms with E-state index in [1.807, 2.05) is 73.7 Å². The molecule has 7 heteroatoms. The highest BCUT2D eigenvalue weighted by Crippen LogP contribution is 2.47. The molecular weight excluding hydrogens is 456 g/mol. The minimum absolute atomic E-state index is 0.0905. The lowest BCUT2D eigenvalue weighted by atomic mass is 10.1. The lowest BCUT2D eigenvalue weighted by Crippen LogP contribution is -2.39. The van der Waals surface area contributed by atoms with E-state index in [4.69, 9.17) is 5.10 Å². The van der Waals surface area contributed by atoms with Gasteiger partial charge in [-0.3, -0.25) is 14.5 Å². The topological polar surface area (TPSA) is 68.1 Å². The zero-order valence-electron chi connectivity index (χ0n) is 16.4. The van der Waals surface area contributed by atoms with Crippen LogP contribution < -0.4 is 10.5 Å². The first-order valence-corrected chi connectivity index (χ1v) is 10.6. The van der Waals surface area contributed by atoms with E-state index in [1.54, 1.807) is 9.58 Å². The van der Waals surface area contributed by atoms with Crippen LogP contribution in [-0.4, -0.2) is 20.7 Å². The summed E-state index contributed by atoms with van der Waals surface area (Å²) < 4.78 is 2.53. The van der Waals surface area contributed by atoms with Crippen molar-refractivity contribution in [2.45, 2.75) is 13.1 Å². The molecule has 1 amide bonds. The van der Waals surface area contributed by atoms with Crippen LogP contribution in [0.3, 0.4) is 0 Å². The molecule has 0 spiro atoms. The van der Waals surface area contributed by atoms with Crippen molar-refractivity contribution >= 4 is 27.5 Å². The van der Waals surface area contributed by atoms with Gasteiger partial charge < -0.3 is 0 Å². The van der Waals surface area contributed by atoms with Gasteiger partial charge in [0.15, 0.2) is 17.7 Å². The van der Waals surface area contributed by atoms with Gasteiger partial charge in [-0.25, -0.2) is 4.68 Å². The van der Waals surface area contributed by atoms with E-state index in [0.717, 1.165) is 15.6 Å². The van der Waals surface area contributed by atoms with Crippen LogP contribution in [0.2, 0.25) is 0 Å². The third-order valence-electron chi connectivity index (χ3n) is 5.78. The number of nitrogens with zero attached hydrogens (tertiary/aromatic N) is 4. The molecule has 0 radical (unpaired) electrons. The van der Waals surface area contributed by atoms with Crippen LogP contribution in [0, 0.1) is 6.92 Å². The van der Waals surface area contributed by atoms with Gasteiger partial charge in [0.1, 0.15) is 0 Å². The maximum atomic E-state index is 13.3. The summed E-state index contributed by atoms with van der Waals surface area (Å²) in [7, 11) is 0. The monoisotopic (exact) mass is 470 g/mol. The molecule has 0 N–H and O–H groups in total. The fraction of sp³-hybridized carbons (Fsp3) is 0.0833. The third kappa shape index (κ3) is 2.56. The molecule has 4 aromatic rings. The summed E-state index contributed by atoms with van der Waals surface area (Å²) in [6.45, 7) is 1.99. The average Bonchev–Trinajstić information content (AvgIpc) is 3.07. The van der Waals surface area contributed by atoms with E-state index in [0.29, 0.717) is 28.2 Å². The van der Waals surface area contributed by atoms with Gasteiger partial charge in [-0.05, 0) is 31.2 Å². The van der Waals surface area contributed by atoms with Gasteiger partial charge in [0, 0.05) is 26.7 Å². The minimum atomic E-state index is -0.496. The van der Waals surface area contributed by atoms with Crippen molar-refractivity contribution in [2.75, 3.05) is 4.90 Å². The van der Waals surface area contributed by atoms with Crippen LogP contribution in [0.5, 0.6) is 0 Å². The molecule has 0 aliphatic carbocycles. The Morgan fingerprint density at radius 3 is 2.52 bits per heavy atom. The number of aryl methyl sites for hydroxylation is 1. The molecule has 31 heavy (non-hydrogen) atoms. The standard InChI is InChI=1S/C24H15BrN4O2/c1-13-6-8-14(9-7-13)20-22(30)26-21-18-12-15(25)10-11-19(18)28-23(29(21)27-20)16-4-2-3-5-17(16)24(28)31/h2-12,23H,1H3/t23-/m0/s1. The molecular formula is C24H15BrN4O2. The Morgan fingerprint density at radius 2 is 1.71 bits per heavy atom. The average molecular weight is 471 g/mol. The van der Waals surface area contributed by atoms with Gasteiger partial charge in [0.05, 0.1) is 5.69 Å². The molecule has 0 saturated carbocycles. The zero-order valence-corrected chi connectivity index (χ0v) is 18.0. The SMILES string of the molecule is Cc1ccc(-c2nn3c(nc2=O)-c2cc(Br)ccc2N2C(=O)c4ccccc4[C@@H]23)cc1. The van der Waals surface area contributed by atoms with Crippen molar-refractivity contribution in [3.8, 4) is 22.6 Å². The fourth-order valence-electron chi connectivity index (χ4n) is 4.32. The summed E-state index contributed by atoms with van der Waals surface area (Å²) in [5, 5.41) is 4.75. The van der Waals surface area contributed by atoms with Crippen molar-refractivity contribution in [3.05, 3.63) is 98.2 Å². The summed E-state index contributed by atoms with van der Waals surface area (Å²) in [4.78, 5) is 32.5. The highest BCUT2D eigenvalue weighted by molar-refractivity contribution is 9.10. The number of aromatic nitrogens is 3. The quantitative estimate of drug-likeness (QED) is 0.408. The van der Waals surface area contributed by atoms with E-state index < -0.39 is 11.7 Å². The first-order chi connectivity index (χ1) is 15.0. The zero-order chi connectivity index (χ0) is 21.3. The van der Waals surface area contributed by atoms with Gasteiger partial charge in [-0.2, -0.15) is 10.1 Å². The van der Waals surface area contributed by atoms with Gasteiger partial charge in [0.25, 0.3) is 11.5 Å². The Hall–Kier alpha value is -3.58. The third-order valence-corrected chi connectivity index (χ3v) is 6.28. The van der Waals surface area contributed by atoms with E-state index in [9.17, 15) is 9.59 Å². The minimum Gasteiger partial charge on any atom is -0.280 e. The van der Waals surface area contributed by atoms with Gasteiger partial charge >= 0.3 is 0 Å². The first-order valence-electron chi connectivity index (χ1n) is 9.83. The van der Waals surface area contributed by atoms with Crippen LogP contribution in [0.1, 0.15) is 27.7 Å². The maximum absolute atomic E-state index is 13.3. The normalized spacial score (nSPS) is 15.9. The number of anilines is 1. The molecule has 0 saturated heterocycles. The maximum Gasteiger partial charge on any atom is 0.300 e. The molecule has 0 fully saturated rings. The molecule has 2 aliphatic heterocycles. The number of amides is 1. The van der Waals surface area contributed by atoms with Crippen molar-refractivity contribution < 1.29 is 4.79 Å². The molecule has 2 aliphatic rings. The lowest BCUT2D eigenvalue weighted by Gasteiger charge is -2.34. The molecule has 3 heterocycles. The van der Waals surface area contributed by atoms with Crippen LogP contribution in [0.15, 0.2) is 76.0 Å². The Bertz CT molecular complexity index is 1460. The first kappa shape index (κ1) is 18.2. The Balaban J connectivity index is 1.68. The van der Waals surface area contributed by atoms with Crippen molar-refractivity contribution in [1.82, 2.24) is 14.8 Å². The van der Waals surface area contributed by atoms with Crippen LogP contribution in [-0.2, 0) is 0 Å². The number of rotatable bonds is 1. The number of hydrogen-bond donors (Lipinski definition) is 0. The van der Waals surface area contributed by atoms with Crippen LogP contribution in [0.4, 0.5) is 5.69 Å². The predicted octanol–water partition coefficient (Wildman–Crippen LogP) is 4.56. The number of halogens is 1. The number of carbonyl (C=O) groups is 1.